The molecule has 0 aliphatic rings. The van der Waals surface area contributed by atoms with Crippen LogP contribution in [-0.2, 0) is 4.79 Å². The summed E-state index contributed by atoms with van der Waals surface area (Å²) >= 11 is 3.34. The Hall–Kier alpha value is -2.05. The number of aromatic nitrogens is 1. The lowest BCUT2D eigenvalue weighted by Crippen LogP contribution is -2.10. The molecule has 0 bridgehead atoms. The summed E-state index contributed by atoms with van der Waals surface area (Å²) in [5, 5.41) is 2.94. The molecular formula is C21H24N2O2S2. The van der Waals surface area contributed by atoms with Gasteiger partial charge in [-0.25, -0.2) is 4.98 Å². The maximum absolute atomic E-state index is 11.7. The molecule has 0 aliphatic carbocycles. The van der Waals surface area contributed by atoms with Crippen LogP contribution in [0.4, 0.5) is 5.69 Å². The number of carbonyl (C=O) groups is 1. The molecule has 27 heavy (non-hydrogen) atoms. The van der Waals surface area contributed by atoms with Crippen molar-refractivity contribution < 1.29 is 9.53 Å². The van der Waals surface area contributed by atoms with Crippen LogP contribution in [-0.4, -0.2) is 23.3 Å². The van der Waals surface area contributed by atoms with E-state index in [1.54, 1.807) is 23.1 Å². The fourth-order valence-electron chi connectivity index (χ4n) is 2.80. The first-order valence-corrected chi connectivity index (χ1v) is 10.9. The van der Waals surface area contributed by atoms with Crippen molar-refractivity contribution in [3.63, 3.8) is 0 Å². The lowest BCUT2D eigenvalue weighted by molar-refractivity contribution is -0.116. The molecule has 1 aromatic heterocycles. The van der Waals surface area contributed by atoms with E-state index < -0.39 is 0 Å². The minimum atomic E-state index is 0.0551. The first-order valence-electron chi connectivity index (χ1n) is 9.08. The second-order valence-electron chi connectivity index (χ2n) is 6.48. The molecule has 3 rings (SSSR count). The number of hydrogen-bond donors (Lipinski definition) is 1. The molecule has 0 saturated heterocycles. The highest BCUT2D eigenvalue weighted by atomic mass is 32.2. The smallest absolute Gasteiger partial charge is 0.224 e. The van der Waals surface area contributed by atoms with E-state index in [9.17, 15) is 4.79 Å². The van der Waals surface area contributed by atoms with Gasteiger partial charge in [0.1, 0.15) is 5.75 Å². The number of carbonyl (C=O) groups excluding carboxylic acids is 1. The molecule has 0 aliphatic heterocycles. The Morgan fingerprint density at radius 2 is 1.96 bits per heavy atom. The Labute approximate surface area is 168 Å². The standard InChI is InChI=1S/C21H24N2O2S2/c1-4-5-20(24)22-16-6-7-18-19(13-16)27-21(23-18)26-9-8-25-17-11-14(2)10-15(3)12-17/h6-7,10-13H,4-5,8-9H2,1-3H3,(H,22,24). The van der Waals surface area contributed by atoms with Crippen LogP contribution in [0.1, 0.15) is 30.9 Å². The number of nitrogens with zero attached hydrogens (tertiary/aromatic N) is 1. The highest BCUT2D eigenvalue weighted by Gasteiger charge is 2.07. The van der Waals surface area contributed by atoms with Crippen molar-refractivity contribution in [3.8, 4) is 5.75 Å². The van der Waals surface area contributed by atoms with Crippen molar-refractivity contribution in [3.05, 3.63) is 47.5 Å². The summed E-state index contributed by atoms with van der Waals surface area (Å²) in [4.78, 5) is 16.4. The van der Waals surface area contributed by atoms with Crippen LogP contribution in [0, 0.1) is 13.8 Å². The number of hydrogen-bond acceptors (Lipinski definition) is 5. The van der Waals surface area contributed by atoms with Gasteiger partial charge in [-0.05, 0) is 61.7 Å². The van der Waals surface area contributed by atoms with Crippen molar-refractivity contribution in [2.45, 2.75) is 38.0 Å². The number of nitrogens with one attached hydrogen (secondary N) is 1. The highest BCUT2D eigenvalue weighted by molar-refractivity contribution is 8.01. The molecule has 1 N–H and O–H groups in total. The van der Waals surface area contributed by atoms with E-state index in [1.807, 2.05) is 25.1 Å². The molecule has 6 heteroatoms. The first kappa shape index (κ1) is 19.7. The Morgan fingerprint density at radius 3 is 2.70 bits per heavy atom. The number of fused-ring (bicyclic) bond motifs is 1. The third-order valence-electron chi connectivity index (χ3n) is 3.90. The molecule has 142 valence electrons. The summed E-state index contributed by atoms with van der Waals surface area (Å²) in [6.45, 7) is 6.80. The molecular weight excluding hydrogens is 376 g/mol. The quantitative estimate of drug-likeness (QED) is 0.382. The van der Waals surface area contributed by atoms with Crippen LogP contribution < -0.4 is 10.1 Å². The van der Waals surface area contributed by atoms with E-state index in [1.165, 1.54) is 11.1 Å². The minimum absolute atomic E-state index is 0.0551. The van der Waals surface area contributed by atoms with E-state index in [-0.39, 0.29) is 5.91 Å². The van der Waals surface area contributed by atoms with Crippen LogP contribution >= 0.6 is 23.1 Å². The number of thiazole rings is 1. The van der Waals surface area contributed by atoms with Gasteiger partial charge in [0.2, 0.25) is 5.91 Å². The largest absolute Gasteiger partial charge is 0.493 e. The summed E-state index contributed by atoms with van der Waals surface area (Å²) in [5.41, 5.74) is 4.22. The third kappa shape index (κ3) is 5.71. The van der Waals surface area contributed by atoms with Crippen molar-refractivity contribution >= 4 is 44.9 Å². The summed E-state index contributed by atoms with van der Waals surface area (Å²) in [6.07, 6.45) is 1.39. The summed E-state index contributed by atoms with van der Waals surface area (Å²) in [7, 11) is 0. The molecule has 3 aromatic rings. The number of thioether (sulfide) groups is 1. The average Bonchev–Trinajstić information content (AvgIpc) is 3.00. The number of anilines is 1. The zero-order valence-corrected chi connectivity index (χ0v) is 17.5. The average molecular weight is 401 g/mol. The number of amides is 1. The van der Waals surface area contributed by atoms with Gasteiger partial charge >= 0.3 is 0 Å². The topological polar surface area (TPSA) is 51.2 Å². The fraction of sp³-hybridized carbons (Fsp3) is 0.333. The molecule has 0 atom stereocenters. The molecule has 0 fully saturated rings. The summed E-state index contributed by atoms with van der Waals surface area (Å²) in [6, 6.07) is 12.1. The second-order valence-corrected chi connectivity index (χ2v) is 8.85. The van der Waals surface area contributed by atoms with Crippen LogP contribution in [0.15, 0.2) is 40.7 Å². The molecule has 2 aromatic carbocycles. The number of rotatable bonds is 8. The Kier molecular flexibility index (Phi) is 6.74. The lowest BCUT2D eigenvalue weighted by Gasteiger charge is -2.07. The number of ether oxygens (including phenoxy) is 1. The zero-order chi connectivity index (χ0) is 19.2. The number of aryl methyl sites for hydroxylation is 2. The van der Waals surface area contributed by atoms with Gasteiger partial charge in [-0.15, -0.1) is 11.3 Å². The maximum Gasteiger partial charge on any atom is 0.224 e. The van der Waals surface area contributed by atoms with Crippen molar-refractivity contribution in [1.29, 1.82) is 0 Å². The second kappa shape index (κ2) is 9.24. The summed E-state index contributed by atoms with van der Waals surface area (Å²) < 4.78 is 7.96. The SMILES string of the molecule is CCCC(=O)Nc1ccc2nc(SCCOc3cc(C)cc(C)c3)sc2c1. The molecule has 0 unspecified atom stereocenters. The predicted molar refractivity (Wildman–Crippen MR) is 115 cm³/mol. The minimum Gasteiger partial charge on any atom is -0.493 e. The molecule has 0 radical (unpaired) electrons. The van der Waals surface area contributed by atoms with Gasteiger partial charge in [0.05, 0.1) is 16.8 Å². The van der Waals surface area contributed by atoms with Gasteiger partial charge < -0.3 is 10.1 Å². The maximum atomic E-state index is 11.7. The molecule has 1 heterocycles. The van der Waals surface area contributed by atoms with Crippen LogP contribution in [0.2, 0.25) is 0 Å². The van der Waals surface area contributed by atoms with Crippen LogP contribution in [0.5, 0.6) is 5.75 Å². The normalized spacial score (nSPS) is 10.9. The Morgan fingerprint density at radius 1 is 1.19 bits per heavy atom. The summed E-state index contributed by atoms with van der Waals surface area (Å²) in [5.74, 6) is 1.82. The molecule has 4 nitrogen and oxygen atoms in total. The van der Waals surface area contributed by atoms with Gasteiger partial charge in [-0.2, -0.15) is 0 Å². The molecule has 0 spiro atoms. The highest BCUT2D eigenvalue weighted by Crippen LogP contribution is 2.31. The Bertz CT molecular complexity index is 917. The van der Waals surface area contributed by atoms with Crippen LogP contribution in [0.25, 0.3) is 10.2 Å². The van der Waals surface area contributed by atoms with Gasteiger partial charge in [0.15, 0.2) is 4.34 Å². The lowest BCUT2D eigenvalue weighted by atomic mass is 10.1. The van der Waals surface area contributed by atoms with Crippen molar-refractivity contribution in [2.24, 2.45) is 0 Å². The van der Waals surface area contributed by atoms with Gasteiger partial charge in [0.25, 0.3) is 0 Å². The predicted octanol–water partition coefficient (Wildman–Crippen LogP) is 5.82. The van der Waals surface area contributed by atoms with Crippen LogP contribution in [0.3, 0.4) is 0 Å². The van der Waals surface area contributed by atoms with Gasteiger partial charge in [0, 0.05) is 17.9 Å². The first-order chi connectivity index (χ1) is 13.0. The number of benzene rings is 2. The van der Waals surface area contributed by atoms with E-state index >= 15 is 0 Å². The van der Waals surface area contributed by atoms with E-state index in [0.29, 0.717) is 13.0 Å². The monoisotopic (exact) mass is 400 g/mol. The van der Waals surface area contributed by atoms with E-state index in [0.717, 1.165) is 38.2 Å². The molecule has 1 amide bonds. The van der Waals surface area contributed by atoms with E-state index in [2.05, 4.69) is 42.3 Å². The molecule has 0 saturated carbocycles. The van der Waals surface area contributed by atoms with Crippen molar-refractivity contribution in [1.82, 2.24) is 4.98 Å². The zero-order valence-electron chi connectivity index (χ0n) is 15.9. The fourth-order valence-corrected chi connectivity index (χ4v) is 4.79. The van der Waals surface area contributed by atoms with Gasteiger partial charge in [-0.1, -0.05) is 24.8 Å². The Balaban J connectivity index is 1.55. The van der Waals surface area contributed by atoms with Crippen molar-refractivity contribution in [2.75, 3.05) is 17.7 Å². The van der Waals surface area contributed by atoms with E-state index in [4.69, 9.17) is 4.74 Å². The third-order valence-corrected chi connectivity index (χ3v) is 6.03. The van der Waals surface area contributed by atoms with Gasteiger partial charge in [-0.3, -0.25) is 4.79 Å².